The fourth-order valence-electron chi connectivity index (χ4n) is 3.58. The number of ketones is 1. The van der Waals surface area contributed by atoms with Crippen LogP contribution in [0, 0.1) is 10.8 Å². The van der Waals surface area contributed by atoms with Gasteiger partial charge in [-0.3, -0.25) is 14.5 Å². The van der Waals surface area contributed by atoms with Crippen LogP contribution in [0.4, 0.5) is 0 Å². The highest BCUT2D eigenvalue weighted by Gasteiger charge is 2.71. The monoisotopic (exact) mass is 385 g/mol. The minimum absolute atomic E-state index is 0.121. The standard InChI is InChI=1S/C18H31NO6Si/c1-16(2,3)14-19-13(21)17(4,5)11(20)12(25-26(7,8)9)18(19,10-24-14)15(22)23-6/h12,14H,10H2,1-9H3/t12-,14+,18+/m0/s1. The van der Waals surface area contributed by atoms with Gasteiger partial charge in [-0.15, -0.1) is 0 Å². The van der Waals surface area contributed by atoms with Crippen molar-refractivity contribution in [3.63, 3.8) is 0 Å². The molecule has 0 unspecified atom stereocenters. The molecular formula is C18H31NO6Si. The van der Waals surface area contributed by atoms with Gasteiger partial charge in [0.1, 0.15) is 17.7 Å². The molecule has 3 atom stereocenters. The second-order valence-corrected chi connectivity index (χ2v) is 14.2. The van der Waals surface area contributed by atoms with E-state index in [2.05, 4.69) is 0 Å². The van der Waals surface area contributed by atoms with Gasteiger partial charge in [-0.05, 0) is 33.5 Å². The summed E-state index contributed by atoms with van der Waals surface area (Å²) in [6, 6.07) is 0. The lowest BCUT2D eigenvalue weighted by atomic mass is 9.71. The van der Waals surface area contributed by atoms with Gasteiger partial charge in [0.25, 0.3) is 0 Å². The zero-order chi connectivity index (χ0) is 20.3. The Bertz CT molecular complexity index is 633. The van der Waals surface area contributed by atoms with Crippen molar-refractivity contribution in [3.8, 4) is 0 Å². The Labute approximate surface area is 156 Å². The van der Waals surface area contributed by atoms with Crippen LogP contribution in [0.15, 0.2) is 0 Å². The summed E-state index contributed by atoms with van der Waals surface area (Å²) in [5.74, 6) is -1.50. The molecule has 2 rings (SSSR count). The molecule has 2 saturated heterocycles. The third kappa shape index (κ3) is 3.01. The lowest BCUT2D eigenvalue weighted by molar-refractivity contribution is -0.189. The van der Waals surface area contributed by atoms with E-state index in [-0.39, 0.29) is 6.61 Å². The van der Waals surface area contributed by atoms with Crippen LogP contribution < -0.4 is 0 Å². The van der Waals surface area contributed by atoms with E-state index in [4.69, 9.17) is 13.9 Å². The highest BCUT2D eigenvalue weighted by atomic mass is 28.4. The number of nitrogens with zero attached hydrogens (tertiary/aromatic N) is 1. The van der Waals surface area contributed by atoms with Gasteiger partial charge in [0.05, 0.1) is 13.7 Å². The molecule has 2 aliphatic rings. The number of Topliss-reactive ketones (excluding diaryl/α,β-unsaturated/α-hetero) is 1. The molecule has 0 aromatic carbocycles. The van der Waals surface area contributed by atoms with E-state index in [9.17, 15) is 14.4 Å². The quantitative estimate of drug-likeness (QED) is 0.420. The zero-order valence-electron chi connectivity index (χ0n) is 17.3. The average Bonchev–Trinajstić information content (AvgIpc) is 2.89. The van der Waals surface area contributed by atoms with Gasteiger partial charge in [-0.25, -0.2) is 4.79 Å². The maximum absolute atomic E-state index is 13.3. The number of rotatable bonds is 3. The minimum atomic E-state index is -2.23. The van der Waals surface area contributed by atoms with Gasteiger partial charge in [-0.1, -0.05) is 20.8 Å². The third-order valence-corrected chi connectivity index (χ3v) is 5.86. The number of ether oxygens (including phenoxy) is 2. The van der Waals surface area contributed by atoms with Crippen molar-refractivity contribution in [1.82, 2.24) is 4.90 Å². The van der Waals surface area contributed by atoms with Crippen LogP contribution in [0.2, 0.25) is 19.6 Å². The van der Waals surface area contributed by atoms with Gasteiger partial charge in [0.2, 0.25) is 5.91 Å². The second kappa shape index (κ2) is 6.14. The van der Waals surface area contributed by atoms with E-state index in [0.29, 0.717) is 0 Å². The van der Waals surface area contributed by atoms with Gasteiger partial charge in [0, 0.05) is 5.41 Å². The van der Waals surface area contributed by atoms with E-state index < -0.39 is 54.7 Å². The molecule has 2 aliphatic heterocycles. The molecule has 148 valence electrons. The number of amides is 1. The predicted octanol–water partition coefficient (Wildman–Crippen LogP) is 1.96. The van der Waals surface area contributed by atoms with Gasteiger partial charge in [-0.2, -0.15) is 0 Å². The summed E-state index contributed by atoms with van der Waals surface area (Å²) in [4.78, 5) is 40.9. The van der Waals surface area contributed by atoms with Crippen LogP contribution in [0.3, 0.4) is 0 Å². The van der Waals surface area contributed by atoms with Crippen molar-refractivity contribution >= 4 is 26.0 Å². The smallest absolute Gasteiger partial charge is 0.337 e. The molecule has 0 N–H and O–H groups in total. The molecule has 1 amide bonds. The number of carbonyl (C=O) groups excluding carboxylic acids is 3. The lowest BCUT2D eigenvalue weighted by Gasteiger charge is -2.51. The van der Waals surface area contributed by atoms with Crippen LogP contribution in [0.25, 0.3) is 0 Å². The maximum Gasteiger partial charge on any atom is 0.337 e. The number of methoxy groups -OCH3 is 1. The Morgan fingerprint density at radius 3 is 2.19 bits per heavy atom. The highest BCUT2D eigenvalue weighted by molar-refractivity contribution is 6.70. The van der Waals surface area contributed by atoms with E-state index in [1.54, 1.807) is 13.8 Å². The number of piperidine rings is 1. The number of hydrogen-bond donors (Lipinski definition) is 0. The Morgan fingerprint density at radius 1 is 1.23 bits per heavy atom. The molecule has 0 aliphatic carbocycles. The third-order valence-electron chi connectivity index (χ3n) is 4.92. The number of carbonyl (C=O) groups is 3. The molecule has 8 heteroatoms. The number of esters is 1. The van der Waals surface area contributed by atoms with E-state index in [1.807, 2.05) is 40.4 Å². The van der Waals surface area contributed by atoms with Crippen LogP contribution in [-0.2, 0) is 28.3 Å². The fraction of sp³-hybridized carbons (Fsp3) is 0.833. The molecule has 0 aromatic rings. The summed E-state index contributed by atoms with van der Waals surface area (Å²) in [7, 11) is -0.977. The van der Waals surface area contributed by atoms with Crippen molar-refractivity contribution in [2.24, 2.45) is 10.8 Å². The SMILES string of the molecule is COC(=O)[C@]12CO[C@H](C(C)(C)C)N1C(=O)C(C)(C)C(=O)[C@@H]2O[Si](C)(C)C. The molecule has 0 radical (unpaired) electrons. The molecule has 0 saturated carbocycles. The maximum atomic E-state index is 13.3. The van der Waals surface area contributed by atoms with Gasteiger partial charge < -0.3 is 13.9 Å². The summed E-state index contributed by atoms with van der Waals surface area (Å²) in [6.45, 7) is 14.6. The molecule has 0 spiro atoms. The molecule has 7 nitrogen and oxygen atoms in total. The minimum Gasteiger partial charge on any atom is -0.467 e. The first kappa shape index (κ1) is 21.1. The summed E-state index contributed by atoms with van der Waals surface area (Å²) < 4.78 is 17.2. The van der Waals surface area contributed by atoms with Crippen LogP contribution in [-0.4, -0.2) is 62.5 Å². The fourth-order valence-corrected chi connectivity index (χ4v) is 4.59. The van der Waals surface area contributed by atoms with Crippen LogP contribution in [0.5, 0.6) is 0 Å². The van der Waals surface area contributed by atoms with Crippen LogP contribution >= 0.6 is 0 Å². The first-order chi connectivity index (χ1) is 11.6. The first-order valence-electron chi connectivity index (χ1n) is 8.86. The average molecular weight is 386 g/mol. The Kier molecular flexibility index (Phi) is 4.97. The van der Waals surface area contributed by atoms with Crippen molar-refractivity contribution in [3.05, 3.63) is 0 Å². The van der Waals surface area contributed by atoms with Gasteiger partial charge in [0.15, 0.2) is 19.6 Å². The van der Waals surface area contributed by atoms with Crippen molar-refractivity contribution in [2.45, 2.75) is 72.1 Å². The second-order valence-electron chi connectivity index (χ2n) is 9.72. The summed E-state index contributed by atoms with van der Waals surface area (Å²) in [6.07, 6.45) is -1.77. The molecule has 26 heavy (non-hydrogen) atoms. The van der Waals surface area contributed by atoms with Crippen LogP contribution in [0.1, 0.15) is 34.6 Å². The summed E-state index contributed by atoms with van der Waals surface area (Å²) in [5.41, 5.74) is -3.35. The highest BCUT2D eigenvalue weighted by Crippen LogP contribution is 2.48. The van der Waals surface area contributed by atoms with Gasteiger partial charge >= 0.3 is 5.97 Å². The Hall–Kier alpha value is -1.25. The Balaban J connectivity index is 2.73. The van der Waals surface area contributed by atoms with E-state index in [1.165, 1.54) is 12.0 Å². The van der Waals surface area contributed by atoms with E-state index in [0.717, 1.165) is 0 Å². The first-order valence-corrected chi connectivity index (χ1v) is 12.3. The number of hydrogen-bond acceptors (Lipinski definition) is 6. The zero-order valence-corrected chi connectivity index (χ0v) is 18.3. The molecule has 0 bridgehead atoms. The Morgan fingerprint density at radius 2 is 1.77 bits per heavy atom. The molecule has 2 heterocycles. The summed E-state index contributed by atoms with van der Waals surface area (Å²) in [5, 5.41) is 0. The van der Waals surface area contributed by atoms with Crippen molar-refractivity contribution in [1.29, 1.82) is 0 Å². The molecule has 0 aromatic heterocycles. The largest absolute Gasteiger partial charge is 0.467 e. The molecule has 2 fully saturated rings. The van der Waals surface area contributed by atoms with E-state index >= 15 is 0 Å². The summed E-state index contributed by atoms with van der Waals surface area (Å²) >= 11 is 0. The van der Waals surface area contributed by atoms with Crippen molar-refractivity contribution in [2.75, 3.05) is 13.7 Å². The normalized spacial score (nSPS) is 31.8. The number of fused-ring (bicyclic) bond motifs is 1. The topological polar surface area (TPSA) is 82.1 Å². The molecular weight excluding hydrogens is 354 g/mol. The predicted molar refractivity (Wildman–Crippen MR) is 97.8 cm³/mol. The van der Waals surface area contributed by atoms with Crippen molar-refractivity contribution < 1.29 is 28.3 Å². The lowest BCUT2D eigenvalue weighted by Crippen LogP contribution is -2.76.